The maximum absolute atomic E-state index is 12.7. The number of carbonyl (C=O) groups excluding carboxylic acids is 2. The van der Waals surface area contributed by atoms with Crippen molar-refractivity contribution in [2.75, 3.05) is 11.9 Å². The zero-order chi connectivity index (χ0) is 27.2. The fourth-order valence-electron chi connectivity index (χ4n) is 4.40. The number of H-pyrrole nitrogens is 1. The van der Waals surface area contributed by atoms with Gasteiger partial charge in [-0.1, -0.05) is 66.7 Å². The van der Waals surface area contributed by atoms with Crippen LogP contribution in [0.15, 0.2) is 97.2 Å². The monoisotopic (exact) mass is 516 g/mol. The molecule has 39 heavy (non-hydrogen) atoms. The number of aromatic nitrogens is 2. The number of hydrogen-bond donors (Lipinski definition) is 3. The molecule has 7 heteroatoms. The molecular weight excluding hydrogens is 488 g/mol. The summed E-state index contributed by atoms with van der Waals surface area (Å²) >= 11 is 0. The molecular formula is C32H28N4O3. The maximum Gasteiger partial charge on any atom is 0.249 e. The second-order valence-electron chi connectivity index (χ2n) is 9.01. The highest BCUT2D eigenvalue weighted by molar-refractivity contribution is 6.24. The van der Waals surface area contributed by atoms with Crippen LogP contribution in [-0.2, 0) is 16.0 Å². The second kappa shape index (κ2) is 11.5. The Labute approximate surface area is 226 Å². The summed E-state index contributed by atoms with van der Waals surface area (Å²) in [5.74, 6) is 0.587. The van der Waals surface area contributed by atoms with Crippen molar-refractivity contribution in [3.63, 3.8) is 0 Å². The number of nitrogens with one attached hydrogen (secondary N) is 2. The number of anilines is 1. The Bertz CT molecular complexity index is 1650. The number of pyridine rings is 1. The van der Waals surface area contributed by atoms with Crippen LogP contribution in [0.25, 0.3) is 33.8 Å². The average Bonchev–Trinajstić information content (AvgIpc) is 3.34. The molecule has 2 heterocycles. The maximum atomic E-state index is 12.7. The van der Waals surface area contributed by atoms with E-state index < -0.39 is 5.91 Å². The van der Waals surface area contributed by atoms with Gasteiger partial charge < -0.3 is 20.8 Å². The fraction of sp³-hybridized carbons (Fsp3) is 0.0938. The molecule has 0 fully saturated rings. The lowest BCUT2D eigenvalue weighted by Crippen LogP contribution is -2.15. The summed E-state index contributed by atoms with van der Waals surface area (Å²) in [7, 11) is 0. The first-order valence-corrected chi connectivity index (χ1v) is 12.7. The van der Waals surface area contributed by atoms with Crippen molar-refractivity contribution >= 4 is 40.3 Å². The number of fused-ring (bicyclic) bond motifs is 1. The minimum Gasteiger partial charge on any atom is -0.494 e. The van der Waals surface area contributed by atoms with Gasteiger partial charge in [-0.05, 0) is 59.5 Å². The molecule has 0 aliphatic heterocycles. The van der Waals surface area contributed by atoms with Gasteiger partial charge in [0.1, 0.15) is 17.2 Å². The summed E-state index contributed by atoms with van der Waals surface area (Å²) in [6.07, 6.45) is 3.73. The summed E-state index contributed by atoms with van der Waals surface area (Å²) in [6, 6.07) is 28.7. The zero-order valence-electron chi connectivity index (χ0n) is 21.5. The highest BCUT2D eigenvalue weighted by Gasteiger charge is 2.12. The first-order chi connectivity index (χ1) is 19.0. The Kier molecular flexibility index (Phi) is 7.50. The van der Waals surface area contributed by atoms with Gasteiger partial charge in [0.05, 0.1) is 13.0 Å². The third-order valence-electron chi connectivity index (χ3n) is 6.29. The van der Waals surface area contributed by atoms with E-state index in [1.807, 2.05) is 91.9 Å². The number of hydrogen-bond acceptors (Lipinski definition) is 4. The predicted molar refractivity (Wildman–Crippen MR) is 155 cm³/mol. The molecule has 2 aromatic heterocycles. The Morgan fingerprint density at radius 2 is 1.74 bits per heavy atom. The topological polar surface area (TPSA) is 110 Å². The third kappa shape index (κ3) is 6.05. The molecule has 0 saturated carbocycles. The number of ether oxygens (including phenoxy) is 1. The summed E-state index contributed by atoms with van der Waals surface area (Å²) in [5, 5.41) is 3.68. The largest absolute Gasteiger partial charge is 0.494 e. The van der Waals surface area contributed by atoms with Crippen LogP contribution in [0.1, 0.15) is 23.6 Å². The molecule has 194 valence electrons. The Balaban J connectivity index is 1.27. The smallest absolute Gasteiger partial charge is 0.249 e. The fourth-order valence-corrected chi connectivity index (χ4v) is 4.40. The molecule has 0 unspecified atom stereocenters. The van der Waals surface area contributed by atoms with Crippen LogP contribution in [0, 0.1) is 0 Å². The molecule has 0 radical (unpaired) electrons. The van der Waals surface area contributed by atoms with Crippen molar-refractivity contribution < 1.29 is 14.3 Å². The van der Waals surface area contributed by atoms with Crippen LogP contribution in [0.4, 0.5) is 5.82 Å². The van der Waals surface area contributed by atoms with Gasteiger partial charge in [-0.2, -0.15) is 0 Å². The van der Waals surface area contributed by atoms with E-state index >= 15 is 0 Å². The highest BCUT2D eigenvalue weighted by atomic mass is 16.5. The van der Waals surface area contributed by atoms with Gasteiger partial charge in [-0.3, -0.25) is 9.59 Å². The van der Waals surface area contributed by atoms with Crippen molar-refractivity contribution in [3.05, 3.63) is 114 Å². The highest BCUT2D eigenvalue weighted by Crippen LogP contribution is 2.26. The Morgan fingerprint density at radius 1 is 0.949 bits per heavy atom. The second-order valence-corrected chi connectivity index (χ2v) is 9.01. The van der Waals surface area contributed by atoms with E-state index in [-0.39, 0.29) is 12.3 Å². The van der Waals surface area contributed by atoms with Crippen LogP contribution in [0.2, 0.25) is 0 Å². The van der Waals surface area contributed by atoms with Crippen molar-refractivity contribution in [2.45, 2.75) is 13.3 Å². The number of primary amides is 1. The minimum atomic E-state index is -0.514. The Hall–Kier alpha value is -5.17. The van der Waals surface area contributed by atoms with Crippen molar-refractivity contribution in [1.82, 2.24) is 9.97 Å². The first kappa shape index (κ1) is 25.5. The molecule has 0 aliphatic carbocycles. The molecule has 0 bridgehead atoms. The number of nitrogens with zero attached hydrogens (tertiary/aromatic N) is 1. The van der Waals surface area contributed by atoms with E-state index in [1.165, 1.54) is 0 Å². The van der Waals surface area contributed by atoms with Gasteiger partial charge in [-0.25, -0.2) is 4.98 Å². The summed E-state index contributed by atoms with van der Waals surface area (Å²) in [4.78, 5) is 32.5. The van der Waals surface area contributed by atoms with Gasteiger partial charge in [-0.15, -0.1) is 0 Å². The zero-order valence-corrected chi connectivity index (χ0v) is 21.5. The number of nitrogens with two attached hydrogens (primary N) is 1. The SMILES string of the molecule is CCOc1cccc(-c2ccc(CC(=O)Nc3ccc4c(/C=C(/C(N)=O)c5ccccc5)c[nH]c4n3)cc2)c1. The van der Waals surface area contributed by atoms with E-state index in [2.05, 4.69) is 15.3 Å². The van der Waals surface area contributed by atoms with E-state index in [0.717, 1.165) is 39.0 Å². The first-order valence-electron chi connectivity index (χ1n) is 12.7. The molecule has 0 spiro atoms. The van der Waals surface area contributed by atoms with Crippen molar-refractivity contribution in [3.8, 4) is 16.9 Å². The molecule has 3 aromatic carbocycles. The van der Waals surface area contributed by atoms with Crippen molar-refractivity contribution in [2.24, 2.45) is 5.73 Å². The number of rotatable bonds is 9. The number of benzene rings is 3. The number of amides is 2. The van der Waals surface area contributed by atoms with E-state index in [9.17, 15) is 9.59 Å². The molecule has 0 atom stereocenters. The predicted octanol–water partition coefficient (Wildman–Crippen LogP) is 5.84. The summed E-state index contributed by atoms with van der Waals surface area (Å²) < 4.78 is 5.59. The molecule has 7 nitrogen and oxygen atoms in total. The van der Waals surface area contributed by atoms with E-state index in [1.54, 1.807) is 18.3 Å². The molecule has 5 aromatic rings. The van der Waals surface area contributed by atoms with E-state index in [0.29, 0.717) is 23.6 Å². The van der Waals surface area contributed by atoms with Gasteiger partial charge in [0.2, 0.25) is 11.8 Å². The van der Waals surface area contributed by atoms with Gasteiger partial charge in [0.25, 0.3) is 0 Å². The van der Waals surface area contributed by atoms with E-state index in [4.69, 9.17) is 10.5 Å². The number of aromatic amines is 1. The van der Waals surface area contributed by atoms with Gasteiger partial charge in [0.15, 0.2) is 0 Å². The lowest BCUT2D eigenvalue weighted by Gasteiger charge is -2.08. The minimum absolute atomic E-state index is 0.167. The molecule has 0 aliphatic rings. The van der Waals surface area contributed by atoms with Gasteiger partial charge >= 0.3 is 0 Å². The molecule has 5 rings (SSSR count). The van der Waals surface area contributed by atoms with Crippen LogP contribution in [-0.4, -0.2) is 28.4 Å². The van der Waals surface area contributed by atoms with Crippen LogP contribution in [0.5, 0.6) is 5.75 Å². The standard InChI is InChI=1S/C32H28N4O3/c1-2-39-26-10-6-9-24(18-26)22-13-11-21(12-14-22)17-30(37)35-29-16-15-27-25(20-34-32(27)36-29)19-28(31(33)38)23-7-4-3-5-8-23/h3-16,18-20H,2,17H2,1H3,(H2,33,38)(H2,34,35,36,37)/b28-19+. The normalized spacial score (nSPS) is 11.4. The quantitative estimate of drug-likeness (QED) is 0.214. The lowest BCUT2D eigenvalue weighted by atomic mass is 10.0. The molecule has 4 N–H and O–H groups in total. The van der Waals surface area contributed by atoms with Gasteiger partial charge in [0, 0.05) is 22.7 Å². The van der Waals surface area contributed by atoms with Crippen LogP contribution < -0.4 is 15.8 Å². The van der Waals surface area contributed by atoms with Crippen LogP contribution >= 0.6 is 0 Å². The molecule has 0 saturated heterocycles. The summed E-state index contributed by atoms with van der Waals surface area (Å²) in [5.41, 5.74) is 11.2. The van der Waals surface area contributed by atoms with Crippen LogP contribution in [0.3, 0.4) is 0 Å². The third-order valence-corrected chi connectivity index (χ3v) is 6.29. The lowest BCUT2D eigenvalue weighted by molar-refractivity contribution is -0.115. The Morgan fingerprint density at radius 3 is 2.49 bits per heavy atom. The summed E-state index contributed by atoms with van der Waals surface area (Å²) in [6.45, 7) is 2.58. The average molecular weight is 517 g/mol. The molecule has 2 amide bonds. The number of carbonyl (C=O) groups is 2. The van der Waals surface area contributed by atoms with Crippen molar-refractivity contribution in [1.29, 1.82) is 0 Å².